The SMILES string of the molecule is CC(C)N1C2CCC1CN(C(=O)C1CC(F)(F)CN1)CC2. The molecule has 1 amide bonds. The molecule has 4 nitrogen and oxygen atoms in total. The Morgan fingerprint density at radius 2 is 1.95 bits per heavy atom. The third kappa shape index (κ3) is 2.93. The van der Waals surface area contributed by atoms with Crippen molar-refractivity contribution in [2.45, 2.75) is 69.6 Å². The van der Waals surface area contributed by atoms with Crippen molar-refractivity contribution in [3.63, 3.8) is 0 Å². The van der Waals surface area contributed by atoms with Gasteiger partial charge in [0.05, 0.1) is 12.6 Å². The van der Waals surface area contributed by atoms with Crippen molar-refractivity contribution in [2.24, 2.45) is 0 Å². The number of fused-ring (bicyclic) bond motifs is 2. The van der Waals surface area contributed by atoms with Crippen molar-refractivity contribution in [1.82, 2.24) is 15.1 Å². The van der Waals surface area contributed by atoms with Gasteiger partial charge in [0.1, 0.15) is 0 Å². The molecule has 6 heteroatoms. The number of halogens is 2. The van der Waals surface area contributed by atoms with Gasteiger partial charge in [0, 0.05) is 37.6 Å². The van der Waals surface area contributed by atoms with Gasteiger partial charge in [-0.1, -0.05) is 0 Å². The summed E-state index contributed by atoms with van der Waals surface area (Å²) in [7, 11) is 0. The summed E-state index contributed by atoms with van der Waals surface area (Å²) in [6, 6.07) is 0.713. The minimum atomic E-state index is -2.74. The largest absolute Gasteiger partial charge is 0.340 e. The van der Waals surface area contributed by atoms with Crippen molar-refractivity contribution in [2.75, 3.05) is 19.6 Å². The van der Waals surface area contributed by atoms with Crippen LogP contribution in [0.25, 0.3) is 0 Å². The van der Waals surface area contributed by atoms with Crippen LogP contribution in [-0.2, 0) is 4.79 Å². The van der Waals surface area contributed by atoms with E-state index in [1.54, 1.807) is 0 Å². The van der Waals surface area contributed by atoms with E-state index < -0.39 is 12.0 Å². The Labute approximate surface area is 124 Å². The van der Waals surface area contributed by atoms with Gasteiger partial charge in [0.2, 0.25) is 5.91 Å². The molecule has 3 rings (SSSR count). The standard InChI is InChI=1S/C15H25F2N3O/c1-10(2)20-11-3-4-12(20)8-19(6-5-11)14(21)13-7-15(16,17)9-18-13/h10-13,18H,3-9H2,1-2H3. The number of nitrogens with zero attached hydrogens (tertiary/aromatic N) is 2. The maximum atomic E-state index is 13.3. The van der Waals surface area contributed by atoms with E-state index in [1.807, 2.05) is 4.90 Å². The van der Waals surface area contributed by atoms with E-state index in [-0.39, 0.29) is 18.9 Å². The second-order valence-electron chi connectivity index (χ2n) is 6.99. The van der Waals surface area contributed by atoms with Crippen LogP contribution < -0.4 is 5.32 Å². The molecule has 3 heterocycles. The highest BCUT2D eigenvalue weighted by Gasteiger charge is 2.45. The zero-order chi connectivity index (χ0) is 15.2. The maximum Gasteiger partial charge on any atom is 0.262 e. The Balaban J connectivity index is 1.66. The van der Waals surface area contributed by atoms with E-state index >= 15 is 0 Å². The van der Waals surface area contributed by atoms with Gasteiger partial charge in [0.25, 0.3) is 5.92 Å². The van der Waals surface area contributed by atoms with E-state index in [2.05, 4.69) is 24.1 Å². The molecule has 21 heavy (non-hydrogen) atoms. The van der Waals surface area contributed by atoms with Crippen molar-refractivity contribution in [3.8, 4) is 0 Å². The first-order chi connectivity index (χ1) is 9.87. The van der Waals surface area contributed by atoms with Crippen LogP contribution in [0.2, 0.25) is 0 Å². The number of alkyl halides is 2. The number of carbonyl (C=O) groups excluding carboxylic acids is 1. The predicted molar refractivity (Wildman–Crippen MR) is 76.3 cm³/mol. The van der Waals surface area contributed by atoms with E-state index in [0.29, 0.717) is 31.2 Å². The lowest BCUT2D eigenvalue weighted by Crippen LogP contribution is -2.48. The maximum absolute atomic E-state index is 13.3. The fourth-order valence-electron chi connectivity index (χ4n) is 4.26. The van der Waals surface area contributed by atoms with Crippen LogP contribution in [0.5, 0.6) is 0 Å². The highest BCUT2D eigenvalue weighted by Crippen LogP contribution is 2.33. The predicted octanol–water partition coefficient (Wildman–Crippen LogP) is 1.46. The van der Waals surface area contributed by atoms with Crippen LogP contribution in [0.3, 0.4) is 0 Å². The van der Waals surface area contributed by atoms with E-state index in [1.165, 1.54) is 6.42 Å². The van der Waals surface area contributed by atoms with Gasteiger partial charge in [-0.05, 0) is 33.1 Å². The Kier molecular flexibility index (Phi) is 3.94. The molecule has 0 spiro atoms. The third-order valence-corrected chi connectivity index (χ3v) is 5.16. The molecule has 0 aromatic rings. The molecule has 1 N–H and O–H groups in total. The molecule has 0 aliphatic carbocycles. The molecular formula is C15H25F2N3O. The van der Waals surface area contributed by atoms with E-state index in [4.69, 9.17) is 0 Å². The topological polar surface area (TPSA) is 35.6 Å². The number of rotatable bonds is 2. The molecule has 0 radical (unpaired) electrons. The molecule has 3 aliphatic heterocycles. The minimum absolute atomic E-state index is 0.136. The molecule has 3 unspecified atom stereocenters. The van der Waals surface area contributed by atoms with Crippen LogP contribution in [-0.4, -0.2) is 65.4 Å². The van der Waals surface area contributed by atoms with Crippen molar-refractivity contribution >= 4 is 5.91 Å². The molecule has 3 atom stereocenters. The second kappa shape index (κ2) is 5.47. The first-order valence-electron chi connectivity index (χ1n) is 8.05. The fraction of sp³-hybridized carbons (Fsp3) is 0.933. The Morgan fingerprint density at radius 1 is 1.24 bits per heavy atom. The smallest absolute Gasteiger partial charge is 0.262 e. The lowest BCUT2D eigenvalue weighted by atomic mass is 10.1. The Bertz CT molecular complexity index is 416. The number of hydrogen-bond acceptors (Lipinski definition) is 3. The molecule has 0 aromatic heterocycles. The average Bonchev–Trinajstić information content (AvgIpc) is 2.88. The van der Waals surface area contributed by atoms with Gasteiger partial charge >= 0.3 is 0 Å². The van der Waals surface area contributed by atoms with Crippen LogP contribution in [0.15, 0.2) is 0 Å². The number of amides is 1. The van der Waals surface area contributed by atoms with Crippen molar-refractivity contribution in [3.05, 3.63) is 0 Å². The summed E-state index contributed by atoms with van der Waals surface area (Å²) in [6.45, 7) is 5.41. The molecule has 120 valence electrons. The van der Waals surface area contributed by atoms with Crippen molar-refractivity contribution < 1.29 is 13.6 Å². The summed E-state index contributed by atoms with van der Waals surface area (Å²) in [4.78, 5) is 16.8. The second-order valence-corrected chi connectivity index (χ2v) is 6.99. The summed E-state index contributed by atoms with van der Waals surface area (Å²) in [5.74, 6) is -2.88. The Morgan fingerprint density at radius 3 is 2.57 bits per heavy atom. The highest BCUT2D eigenvalue weighted by atomic mass is 19.3. The monoisotopic (exact) mass is 301 g/mol. The van der Waals surface area contributed by atoms with Crippen LogP contribution in [0.1, 0.15) is 39.5 Å². The highest BCUT2D eigenvalue weighted by molar-refractivity contribution is 5.82. The van der Waals surface area contributed by atoms with Gasteiger partial charge in [-0.25, -0.2) is 8.78 Å². The van der Waals surface area contributed by atoms with Crippen LogP contribution >= 0.6 is 0 Å². The number of nitrogens with one attached hydrogen (secondary N) is 1. The number of likely N-dealkylation sites (tertiary alicyclic amines) is 1. The fourth-order valence-corrected chi connectivity index (χ4v) is 4.26. The summed E-state index contributed by atoms with van der Waals surface area (Å²) in [5, 5.41) is 2.69. The van der Waals surface area contributed by atoms with Gasteiger partial charge in [-0.15, -0.1) is 0 Å². The summed E-state index contributed by atoms with van der Waals surface area (Å²) < 4.78 is 26.6. The van der Waals surface area contributed by atoms with Gasteiger partial charge in [-0.3, -0.25) is 15.0 Å². The zero-order valence-electron chi connectivity index (χ0n) is 12.8. The third-order valence-electron chi connectivity index (χ3n) is 5.16. The van der Waals surface area contributed by atoms with E-state index in [9.17, 15) is 13.6 Å². The average molecular weight is 301 g/mol. The normalized spacial score (nSPS) is 36.2. The minimum Gasteiger partial charge on any atom is -0.340 e. The number of carbonyl (C=O) groups is 1. The zero-order valence-corrected chi connectivity index (χ0v) is 12.8. The number of hydrogen-bond donors (Lipinski definition) is 1. The van der Waals surface area contributed by atoms with Gasteiger partial charge < -0.3 is 4.90 Å². The first-order valence-corrected chi connectivity index (χ1v) is 8.05. The summed E-state index contributed by atoms with van der Waals surface area (Å²) in [6.07, 6.45) is 2.92. The first kappa shape index (κ1) is 15.2. The molecule has 0 saturated carbocycles. The molecule has 3 fully saturated rings. The molecular weight excluding hydrogens is 276 g/mol. The quantitative estimate of drug-likeness (QED) is 0.839. The van der Waals surface area contributed by atoms with Crippen molar-refractivity contribution in [1.29, 1.82) is 0 Å². The Hall–Kier alpha value is -0.750. The summed E-state index contributed by atoms with van der Waals surface area (Å²) in [5.41, 5.74) is 0. The molecule has 3 aliphatic rings. The van der Waals surface area contributed by atoms with E-state index in [0.717, 1.165) is 12.8 Å². The lowest BCUT2D eigenvalue weighted by molar-refractivity contribution is -0.134. The van der Waals surface area contributed by atoms with Gasteiger partial charge in [-0.2, -0.15) is 0 Å². The molecule has 2 bridgehead atoms. The molecule has 3 saturated heterocycles. The van der Waals surface area contributed by atoms with Crippen LogP contribution in [0.4, 0.5) is 8.78 Å². The molecule has 0 aromatic carbocycles. The lowest BCUT2D eigenvalue weighted by Gasteiger charge is -2.32. The van der Waals surface area contributed by atoms with Crippen LogP contribution in [0, 0.1) is 0 Å². The summed E-state index contributed by atoms with van der Waals surface area (Å²) >= 11 is 0. The van der Waals surface area contributed by atoms with Gasteiger partial charge in [0.15, 0.2) is 0 Å².